The summed E-state index contributed by atoms with van der Waals surface area (Å²) in [6, 6.07) is 8.40. The van der Waals surface area contributed by atoms with Crippen molar-refractivity contribution in [3.8, 4) is 0 Å². The third-order valence-corrected chi connectivity index (χ3v) is 6.08. The zero-order chi connectivity index (χ0) is 16.2. The number of rotatable bonds is 6. The van der Waals surface area contributed by atoms with Gasteiger partial charge in [0, 0.05) is 48.9 Å². The molecule has 0 N–H and O–H groups in total. The molecule has 2 atom stereocenters. The Hall–Kier alpha value is -1.27. The van der Waals surface area contributed by atoms with Crippen molar-refractivity contribution in [2.45, 2.75) is 32.1 Å². The molecule has 4 nitrogen and oxygen atoms in total. The normalized spacial score (nSPS) is 27.2. The summed E-state index contributed by atoms with van der Waals surface area (Å²) in [4.78, 5) is 8.08. The second-order valence-electron chi connectivity index (χ2n) is 6.90. The van der Waals surface area contributed by atoms with Crippen LogP contribution in [0, 0.1) is 5.41 Å². The van der Waals surface area contributed by atoms with Crippen molar-refractivity contribution in [1.82, 2.24) is 9.88 Å². The van der Waals surface area contributed by atoms with Gasteiger partial charge in [0.25, 0.3) is 0 Å². The van der Waals surface area contributed by atoms with E-state index in [2.05, 4.69) is 27.4 Å². The highest BCUT2D eigenvalue weighted by atomic mass is 32.1. The standard InChI is InChI=1S/C19H24N2O2S/c1-2-17(24-11-1)12-21-9-5-18-19(14-21,6-10-23-18)15-22-13-16-3-7-20-8-4-16/h1-4,7-8,11,18H,5-6,9-10,12-15H2/t18-,19+/m0/s1. The van der Waals surface area contributed by atoms with Crippen LogP contribution < -0.4 is 0 Å². The molecule has 2 saturated heterocycles. The smallest absolute Gasteiger partial charge is 0.0718 e. The molecule has 4 rings (SSSR count). The lowest BCUT2D eigenvalue weighted by Gasteiger charge is -2.43. The van der Waals surface area contributed by atoms with Crippen LogP contribution in [-0.2, 0) is 22.6 Å². The molecule has 0 aliphatic carbocycles. The minimum absolute atomic E-state index is 0.155. The molecule has 4 heterocycles. The fourth-order valence-electron chi connectivity index (χ4n) is 3.96. The number of thiophene rings is 1. The highest BCUT2D eigenvalue weighted by Gasteiger charge is 2.48. The zero-order valence-corrected chi connectivity index (χ0v) is 14.7. The first kappa shape index (κ1) is 16.2. The summed E-state index contributed by atoms with van der Waals surface area (Å²) in [7, 11) is 0. The van der Waals surface area contributed by atoms with Crippen LogP contribution in [0.1, 0.15) is 23.3 Å². The third kappa shape index (κ3) is 3.54. The van der Waals surface area contributed by atoms with E-state index in [0.29, 0.717) is 12.7 Å². The minimum atomic E-state index is 0.155. The van der Waals surface area contributed by atoms with E-state index in [1.54, 1.807) is 0 Å². The molecule has 0 unspecified atom stereocenters. The summed E-state index contributed by atoms with van der Waals surface area (Å²) < 4.78 is 12.1. The van der Waals surface area contributed by atoms with E-state index in [0.717, 1.165) is 45.7 Å². The van der Waals surface area contributed by atoms with E-state index in [1.165, 1.54) is 10.4 Å². The molecule has 2 aliphatic heterocycles. The van der Waals surface area contributed by atoms with E-state index in [9.17, 15) is 0 Å². The Labute approximate surface area is 147 Å². The highest BCUT2D eigenvalue weighted by Crippen LogP contribution is 2.41. The Morgan fingerprint density at radius 3 is 3.08 bits per heavy atom. The van der Waals surface area contributed by atoms with Gasteiger partial charge in [-0.05, 0) is 42.0 Å². The molecule has 2 fully saturated rings. The Kier molecular flexibility index (Phi) is 4.94. The van der Waals surface area contributed by atoms with E-state index in [4.69, 9.17) is 9.47 Å². The van der Waals surface area contributed by atoms with Crippen molar-refractivity contribution in [2.24, 2.45) is 5.41 Å². The largest absolute Gasteiger partial charge is 0.377 e. The number of pyridine rings is 1. The van der Waals surface area contributed by atoms with Crippen molar-refractivity contribution in [3.05, 3.63) is 52.5 Å². The molecule has 128 valence electrons. The number of ether oxygens (including phenoxy) is 2. The van der Waals surface area contributed by atoms with Crippen molar-refractivity contribution in [2.75, 3.05) is 26.3 Å². The van der Waals surface area contributed by atoms with Crippen LogP contribution in [-0.4, -0.2) is 42.3 Å². The third-order valence-electron chi connectivity index (χ3n) is 5.22. The number of aromatic nitrogens is 1. The first-order chi connectivity index (χ1) is 11.8. The van der Waals surface area contributed by atoms with Gasteiger partial charge in [0.05, 0.1) is 19.3 Å². The highest BCUT2D eigenvalue weighted by molar-refractivity contribution is 7.09. The first-order valence-electron chi connectivity index (χ1n) is 8.67. The van der Waals surface area contributed by atoms with Gasteiger partial charge >= 0.3 is 0 Å². The van der Waals surface area contributed by atoms with Gasteiger partial charge in [-0.3, -0.25) is 9.88 Å². The molecule has 2 aromatic rings. The number of piperidine rings is 1. The molecular formula is C19H24N2O2S. The number of fused-ring (bicyclic) bond motifs is 1. The molecule has 0 amide bonds. The molecule has 0 bridgehead atoms. The summed E-state index contributed by atoms with van der Waals surface area (Å²) in [5.74, 6) is 0. The second-order valence-corrected chi connectivity index (χ2v) is 7.93. The molecule has 0 saturated carbocycles. The predicted octanol–water partition coefficient (Wildman–Crippen LogP) is 3.34. The van der Waals surface area contributed by atoms with E-state index in [-0.39, 0.29) is 5.41 Å². The Morgan fingerprint density at radius 2 is 2.25 bits per heavy atom. The molecule has 2 aliphatic rings. The number of hydrogen-bond donors (Lipinski definition) is 0. The van der Waals surface area contributed by atoms with Crippen LogP contribution >= 0.6 is 11.3 Å². The van der Waals surface area contributed by atoms with E-state index < -0.39 is 0 Å². The lowest BCUT2D eigenvalue weighted by molar-refractivity contribution is -0.0683. The second kappa shape index (κ2) is 7.31. The fraction of sp³-hybridized carbons (Fsp3) is 0.526. The molecule has 0 aromatic carbocycles. The summed E-state index contributed by atoms with van der Waals surface area (Å²) in [6.07, 6.45) is 6.22. The van der Waals surface area contributed by atoms with Crippen molar-refractivity contribution < 1.29 is 9.47 Å². The molecule has 5 heteroatoms. The summed E-state index contributed by atoms with van der Waals surface area (Å²) >= 11 is 1.85. The van der Waals surface area contributed by atoms with E-state index >= 15 is 0 Å². The molecule has 0 spiro atoms. The Balaban J connectivity index is 1.38. The maximum atomic E-state index is 6.12. The zero-order valence-electron chi connectivity index (χ0n) is 13.9. The van der Waals surface area contributed by atoms with Crippen LogP contribution in [0.4, 0.5) is 0 Å². The van der Waals surface area contributed by atoms with Gasteiger partial charge in [0.1, 0.15) is 0 Å². The SMILES string of the molecule is c1csc(CN2CC[C@@H]3OCC[C@]3(COCc3ccncc3)C2)c1. The van der Waals surface area contributed by atoms with Crippen LogP contribution in [0.25, 0.3) is 0 Å². The van der Waals surface area contributed by atoms with Crippen molar-refractivity contribution in [3.63, 3.8) is 0 Å². The van der Waals surface area contributed by atoms with Crippen LogP contribution in [0.2, 0.25) is 0 Å². The van der Waals surface area contributed by atoms with Crippen molar-refractivity contribution >= 4 is 11.3 Å². The first-order valence-corrected chi connectivity index (χ1v) is 9.55. The van der Waals surface area contributed by atoms with Crippen LogP contribution in [0.3, 0.4) is 0 Å². The lowest BCUT2D eigenvalue weighted by Crippen LogP contribution is -2.51. The minimum Gasteiger partial charge on any atom is -0.377 e. The Morgan fingerprint density at radius 1 is 1.33 bits per heavy atom. The van der Waals surface area contributed by atoms with Crippen LogP contribution in [0.5, 0.6) is 0 Å². The van der Waals surface area contributed by atoms with Gasteiger partial charge in [-0.15, -0.1) is 11.3 Å². The molecule has 0 radical (unpaired) electrons. The Bertz CT molecular complexity index is 634. The average molecular weight is 344 g/mol. The van der Waals surface area contributed by atoms with Gasteiger partial charge < -0.3 is 9.47 Å². The van der Waals surface area contributed by atoms with E-state index in [1.807, 2.05) is 35.9 Å². The molecule has 24 heavy (non-hydrogen) atoms. The number of hydrogen-bond acceptors (Lipinski definition) is 5. The number of likely N-dealkylation sites (tertiary alicyclic amines) is 1. The van der Waals surface area contributed by atoms with Gasteiger partial charge in [0.15, 0.2) is 0 Å². The average Bonchev–Trinajstić information content (AvgIpc) is 3.25. The van der Waals surface area contributed by atoms with Gasteiger partial charge in [0.2, 0.25) is 0 Å². The van der Waals surface area contributed by atoms with Gasteiger partial charge in [-0.1, -0.05) is 6.07 Å². The van der Waals surface area contributed by atoms with Gasteiger partial charge in [-0.25, -0.2) is 0 Å². The fourth-order valence-corrected chi connectivity index (χ4v) is 4.70. The van der Waals surface area contributed by atoms with Gasteiger partial charge in [-0.2, -0.15) is 0 Å². The summed E-state index contributed by atoms with van der Waals surface area (Å²) in [5, 5.41) is 2.16. The monoisotopic (exact) mass is 344 g/mol. The maximum absolute atomic E-state index is 6.12. The molecular weight excluding hydrogens is 320 g/mol. The molecule has 2 aromatic heterocycles. The maximum Gasteiger partial charge on any atom is 0.0718 e. The topological polar surface area (TPSA) is 34.6 Å². The number of nitrogens with zero attached hydrogens (tertiary/aromatic N) is 2. The predicted molar refractivity (Wildman–Crippen MR) is 94.9 cm³/mol. The summed E-state index contributed by atoms with van der Waals surface area (Å²) in [6.45, 7) is 5.55. The quantitative estimate of drug-likeness (QED) is 0.805. The van der Waals surface area contributed by atoms with Crippen molar-refractivity contribution in [1.29, 1.82) is 0 Å². The van der Waals surface area contributed by atoms with Crippen LogP contribution in [0.15, 0.2) is 42.0 Å². The summed E-state index contributed by atoms with van der Waals surface area (Å²) in [5.41, 5.74) is 1.34. The lowest BCUT2D eigenvalue weighted by atomic mass is 9.77.